The SMILES string of the molecule is CC(C)Oc1ccc(S(N)(=O)=O)cc1Nc1nc(C2=CCC(C(=O)NC3CCCN(C)C3)N=C2)cs1. The van der Waals surface area contributed by atoms with Gasteiger partial charge in [-0.1, -0.05) is 6.08 Å². The van der Waals surface area contributed by atoms with Gasteiger partial charge in [-0.15, -0.1) is 11.3 Å². The summed E-state index contributed by atoms with van der Waals surface area (Å²) in [5.41, 5.74) is 2.00. The third kappa shape index (κ3) is 6.69. The lowest BCUT2D eigenvalue weighted by Gasteiger charge is -2.31. The average molecular weight is 533 g/mol. The van der Waals surface area contributed by atoms with Crippen LogP contribution >= 0.6 is 11.3 Å². The summed E-state index contributed by atoms with van der Waals surface area (Å²) in [6.07, 6.45) is 6.13. The molecule has 0 aliphatic carbocycles. The molecule has 1 amide bonds. The largest absolute Gasteiger partial charge is 0.489 e. The first-order valence-electron chi connectivity index (χ1n) is 11.9. The van der Waals surface area contributed by atoms with E-state index < -0.39 is 16.1 Å². The third-order valence-electron chi connectivity index (χ3n) is 5.91. The number of hydrogen-bond donors (Lipinski definition) is 3. The number of dihydropyridines is 1. The molecule has 2 aliphatic rings. The van der Waals surface area contributed by atoms with Crippen LogP contribution in [0.25, 0.3) is 5.57 Å². The molecule has 1 saturated heterocycles. The van der Waals surface area contributed by atoms with Crippen molar-refractivity contribution in [2.45, 2.75) is 56.2 Å². The Bertz CT molecular complexity index is 1270. The monoisotopic (exact) mass is 532 g/mol. The standard InChI is InChI=1S/C24H32N6O4S2/c1-15(2)34-22-9-7-18(36(25,32)33)11-20(22)28-24-29-21(14-35-24)16-6-8-19(26-12-16)23(31)27-17-5-4-10-30(3)13-17/h6-7,9,11-12,14-15,17,19H,4-5,8,10,13H2,1-3H3,(H,27,31)(H,28,29)(H2,25,32,33). The molecule has 0 bridgehead atoms. The number of benzene rings is 1. The third-order valence-corrected chi connectivity index (χ3v) is 7.58. The van der Waals surface area contributed by atoms with Crippen LogP contribution in [0.5, 0.6) is 5.75 Å². The van der Waals surface area contributed by atoms with Gasteiger partial charge in [-0.3, -0.25) is 9.79 Å². The number of aliphatic imine (C=N–C) groups is 1. The molecule has 0 saturated carbocycles. The molecule has 4 rings (SSSR count). The number of sulfonamides is 1. The quantitative estimate of drug-likeness (QED) is 0.475. The topological polar surface area (TPSA) is 139 Å². The fourth-order valence-electron chi connectivity index (χ4n) is 4.17. The van der Waals surface area contributed by atoms with Crippen LogP contribution in [0.3, 0.4) is 0 Å². The second kappa shape index (κ2) is 11.1. The van der Waals surface area contributed by atoms with Crippen LogP contribution in [-0.2, 0) is 14.8 Å². The molecule has 10 nitrogen and oxygen atoms in total. The maximum atomic E-state index is 12.7. The molecule has 2 atom stereocenters. The first-order valence-corrected chi connectivity index (χ1v) is 14.3. The Morgan fingerprint density at radius 1 is 1.33 bits per heavy atom. The van der Waals surface area contributed by atoms with Crippen molar-refractivity contribution in [1.29, 1.82) is 0 Å². The van der Waals surface area contributed by atoms with Crippen LogP contribution in [0, 0.1) is 0 Å². The van der Waals surface area contributed by atoms with E-state index in [0.717, 1.165) is 31.5 Å². The number of anilines is 2. The van der Waals surface area contributed by atoms with Crippen molar-refractivity contribution in [1.82, 2.24) is 15.2 Å². The fourth-order valence-corrected chi connectivity index (χ4v) is 5.44. The van der Waals surface area contributed by atoms with Crippen LogP contribution in [-0.4, -0.2) is 68.7 Å². The van der Waals surface area contributed by atoms with Crippen molar-refractivity contribution in [3.8, 4) is 5.75 Å². The van der Waals surface area contributed by atoms with E-state index in [1.807, 2.05) is 25.3 Å². The van der Waals surface area contributed by atoms with Gasteiger partial charge in [0.1, 0.15) is 11.8 Å². The number of carbonyl (C=O) groups is 1. The molecule has 4 N–H and O–H groups in total. The van der Waals surface area contributed by atoms with E-state index >= 15 is 0 Å². The number of nitrogens with zero attached hydrogens (tertiary/aromatic N) is 3. The van der Waals surface area contributed by atoms with Gasteiger partial charge < -0.3 is 20.3 Å². The van der Waals surface area contributed by atoms with Gasteiger partial charge in [-0.2, -0.15) is 0 Å². The number of likely N-dealkylation sites (N-methyl/N-ethyl adjacent to an activating group) is 1. The molecule has 1 aromatic heterocycles. The Labute approximate surface area is 215 Å². The molecule has 2 unspecified atom stereocenters. The smallest absolute Gasteiger partial charge is 0.245 e. The van der Waals surface area contributed by atoms with Gasteiger partial charge in [0.2, 0.25) is 15.9 Å². The van der Waals surface area contributed by atoms with E-state index in [4.69, 9.17) is 9.88 Å². The van der Waals surface area contributed by atoms with E-state index in [0.29, 0.717) is 28.7 Å². The Balaban J connectivity index is 1.42. The van der Waals surface area contributed by atoms with Gasteiger partial charge in [0.15, 0.2) is 5.13 Å². The molecule has 12 heteroatoms. The molecule has 0 radical (unpaired) electrons. The van der Waals surface area contributed by atoms with Gasteiger partial charge >= 0.3 is 0 Å². The van der Waals surface area contributed by atoms with E-state index in [9.17, 15) is 13.2 Å². The van der Waals surface area contributed by atoms with Crippen molar-refractivity contribution in [2.24, 2.45) is 10.1 Å². The van der Waals surface area contributed by atoms with E-state index in [-0.39, 0.29) is 22.9 Å². The lowest BCUT2D eigenvalue weighted by Crippen LogP contribution is -2.49. The van der Waals surface area contributed by atoms with Crippen LogP contribution in [0.15, 0.2) is 39.5 Å². The summed E-state index contributed by atoms with van der Waals surface area (Å²) in [5, 5.41) is 14.0. The Morgan fingerprint density at radius 2 is 2.14 bits per heavy atom. The summed E-state index contributed by atoms with van der Waals surface area (Å²) in [5.74, 6) is 0.445. The normalized spacial score (nSPS) is 20.8. The van der Waals surface area contributed by atoms with Crippen LogP contribution < -0.4 is 20.5 Å². The number of nitrogens with one attached hydrogen (secondary N) is 2. The molecule has 194 valence electrons. The molecular formula is C24H32N6O4S2. The van der Waals surface area contributed by atoms with Crippen molar-refractivity contribution in [2.75, 3.05) is 25.5 Å². The van der Waals surface area contributed by atoms with Crippen LogP contribution in [0.4, 0.5) is 10.8 Å². The number of hydrogen-bond acceptors (Lipinski definition) is 9. The summed E-state index contributed by atoms with van der Waals surface area (Å²) >= 11 is 1.36. The zero-order chi connectivity index (χ0) is 25.9. The van der Waals surface area contributed by atoms with Gasteiger partial charge in [-0.25, -0.2) is 18.5 Å². The predicted octanol–water partition coefficient (Wildman–Crippen LogP) is 2.76. The Kier molecular flexibility index (Phi) is 8.08. The summed E-state index contributed by atoms with van der Waals surface area (Å²) < 4.78 is 29.5. The molecule has 2 aliphatic heterocycles. The Morgan fingerprint density at radius 3 is 2.81 bits per heavy atom. The highest BCUT2D eigenvalue weighted by molar-refractivity contribution is 7.89. The van der Waals surface area contributed by atoms with Crippen molar-refractivity contribution in [3.63, 3.8) is 0 Å². The molecule has 3 heterocycles. The number of rotatable bonds is 8. The number of nitrogens with two attached hydrogens (primary N) is 1. The number of piperidine rings is 1. The summed E-state index contributed by atoms with van der Waals surface area (Å²) in [7, 11) is -1.81. The molecule has 1 aromatic carbocycles. The van der Waals surface area contributed by atoms with E-state index in [1.54, 1.807) is 12.3 Å². The minimum atomic E-state index is -3.87. The number of ether oxygens (including phenoxy) is 1. The lowest BCUT2D eigenvalue weighted by atomic mass is 10.0. The fraction of sp³-hybridized carbons (Fsp3) is 0.458. The first-order chi connectivity index (χ1) is 17.1. The zero-order valence-electron chi connectivity index (χ0n) is 20.6. The number of thiazole rings is 1. The number of allylic oxidation sites excluding steroid dienone is 1. The zero-order valence-corrected chi connectivity index (χ0v) is 22.2. The maximum Gasteiger partial charge on any atom is 0.245 e. The minimum absolute atomic E-state index is 0.0239. The second-order valence-electron chi connectivity index (χ2n) is 9.33. The summed E-state index contributed by atoms with van der Waals surface area (Å²) in [6, 6.07) is 4.15. The van der Waals surface area contributed by atoms with Gasteiger partial charge in [0, 0.05) is 29.8 Å². The lowest BCUT2D eigenvalue weighted by molar-refractivity contribution is -0.123. The van der Waals surface area contributed by atoms with Gasteiger partial charge in [-0.05, 0) is 64.9 Å². The molecule has 36 heavy (non-hydrogen) atoms. The second-order valence-corrected chi connectivity index (χ2v) is 11.8. The summed E-state index contributed by atoms with van der Waals surface area (Å²) in [4.78, 5) is 24.0. The van der Waals surface area contributed by atoms with Crippen molar-refractivity contribution >= 4 is 49.9 Å². The van der Waals surface area contributed by atoms with Crippen LogP contribution in [0.1, 0.15) is 38.8 Å². The average Bonchev–Trinajstić information content (AvgIpc) is 3.28. The summed E-state index contributed by atoms with van der Waals surface area (Å²) in [6.45, 7) is 5.69. The molecule has 0 spiro atoms. The molecule has 2 aromatic rings. The number of likely N-dealkylation sites (tertiary alicyclic amines) is 1. The molecular weight excluding hydrogens is 500 g/mol. The van der Waals surface area contributed by atoms with E-state index in [2.05, 4.69) is 32.6 Å². The van der Waals surface area contributed by atoms with E-state index in [1.165, 1.54) is 23.5 Å². The highest BCUT2D eigenvalue weighted by Gasteiger charge is 2.25. The number of amides is 1. The highest BCUT2D eigenvalue weighted by Crippen LogP contribution is 2.33. The Hall–Kier alpha value is -2.80. The number of aromatic nitrogens is 1. The minimum Gasteiger partial charge on any atom is -0.489 e. The predicted molar refractivity (Wildman–Crippen MR) is 143 cm³/mol. The highest BCUT2D eigenvalue weighted by atomic mass is 32.2. The van der Waals surface area contributed by atoms with Crippen LogP contribution in [0.2, 0.25) is 0 Å². The first kappa shape index (κ1) is 26.3. The number of primary sulfonamides is 1. The van der Waals surface area contributed by atoms with Crippen molar-refractivity contribution in [3.05, 3.63) is 35.3 Å². The maximum absolute atomic E-state index is 12.7. The van der Waals surface area contributed by atoms with Gasteiger partial charge in [0.25, 0.3) is 0 Å². The van der Waals surface area contributed by atoms with Crippen molar-refractivity contribution < 1.29 is 17.9 Å². The molecule has 1 fully saturated rings. The van der Waals surface area contributed by atoms with Gasteiger partial charge in [0.05, 0.1) is 22.4 Å². The number of carbonyl (C=O) groups excluding carboxylic acids is 1.